The summed E-state index contributed by atoms with van der Waals surface area (Å²) in [6.45, 7) is 3.45. The third-order valence-corrected chi connectivity index (χ3v) is 1.52. The van der Waals surface area contributed by atoms with Crippen LogP contribution in [-0.4, -0.2) is 17.2 Å². The van der Waals surface area contributed by atoms with Crippen LogP contribution >= 0.6 is 0 Å². The van der Waals surface area contributed by atoms with Crippen LogP contribution in [0.25, 0.3) is 0 Å². The second-order valence-electron chi connectivity index (χ2n) is 2.32. The number of aliphatic hydroxyl groups excluding tert-OH is 1. The number of hydrogen-bond donors (Lipinski definition) is 1. The normalized spacial score (nSPS) is 25.0. The number of ketones is 1. The van der Waals surface area contributed by atoms with Crippen LogP contribution in [0, 0.1) is 0 Å². The van der Waals surface area contributed by atoms with Gasteiger partial charge in [0.25, 0.3) is 6.29 Å². The molecule has 0 aromatic carbocycles. The fourth-order valence-electron chi connectivity index (χ4n) is 0.884. The highest BCUT2D eigenvalue weighted by atomic mass is 16.6. The lowest BCUT2D eigenvalue weighted by atomic mass is 10.2. The van der Waals surface area contributed by atoms with Gasteiger partial charge in [0.1, 0.15) is 5.76 Å². The van der Waals surface area contributed by atoms with Crippen molar-refractivity contribution in [2.75, 3.05) is 0 Å². The number of carbonyl (C=O) groups is 1. The summed E-state index contributed by atoms with van der Waals surface area (Å²) < 4.78 is 4.83. The lowest BCUT2D eigenvalue weighted by Crippen LogP contribution is -2.15. The zero-order valence-corrected chi connectivity index (χ0v) is 6.50. The summed E-state index contributed by atoms with van der Waals surface area (Å²) >= 11 is 0. The minimum atomic E-state index is -1.29. The second-order valence-corrected chi connectivity index (χ2v) is 2.32. The topological polar surface area (TPSA) is 46.5 Å². The third-order valence-electron chi connectivity index (χ3n) is 1.52. The maximum Gasteiger partial charge on any atom is 0.261 e. The molecule has 3 nitrogen and oxygen atoms in total. The van der Waals surface area contributed by atoms with Crippen LogP contribution in [0.3, 0.4) is 0 Å². The van der Waals surface area contributed by atoms with Crippen molar-refractivity contribution in [3.63, 3.8) is 0 Å². The molecule has 0 radical (unpaired) electrons. The smallest absolute Gasteiger partial charge is 0.261 e. The largest absolute Gasteiger partial charge is 0.457 e. The zero-order valence-electron chi connectivity index (χ0n) is 6.50. The van der Waals surface area contributed by atoms with Gasteiger partial charge < -0.3 is 9.84 Å². The second kappa shape index (κ2) is 2.88. The summed E-state index contributed by atoms with van der Waals surface area (Å²) in [5.41, 5.74) is 0.482. The molecule has 60 valence electrons. The number of hydrogen-bond acceptors (Lipinski definition) is 3. The lowest BCUT2D eigenvalue weighted by Gasteiger charge is -2.00. The van der Waals surface area contributed by atoms with Crippen molar-refractivity contribution in [1.82, 2.24) is 0 Å². The molecule has 1 atom stereocenters. The average Bonchev–Trinajstić information content (AvgIpc) is 2.19. The quantitative estimate of drug-likeness (QED) is 0.606. The van der Waals surface area contributed by atoms with Crippen LogP contribution in [0.2, 0.25) is 0 Å². The van der Waals surface area contributed by atoms with Crippen molar-refractivity contribution in [2.24, 2.45) is 0 Å². The molecule has 0 aliphatic carbocycles. The van der Waals surface area contributed by atoms with Gasteiger partial charge in [-0.2, -0.15) is 0 Å². The van der Waals surface area contributed by atoms with Crippen LogP contribution < -0.4 is 0 Å². The maximum atomic E-state index is 10.9. The first-order valence-corrected chi connectivity index (χ1v) is 3.39. The number of rotatable bonds is 1. The van der Waals surface area contributed by atoms with Crippen molar-refractivity contribution in [3.05, 3.63) is 23.5 Å². The van der Waals surface area contributed by atoms with Crippen LogP contribution in [0.1, 0.15) is 13.8 Å². The van der Waals surface area contributed by atoms with Crippen LogP contribution in [0.15, 0.2) is 23.5 Å². The molecular weight excluding hydrogens is 144 g/mol. The Hall–Kier alpha value is -1.09. The molecule has 3 heteroatoms. The Morgan fingerprint density at radius 3 is 2.64 bits per heavy atom. The Kier molecular flexibility index (Phi) is 2.10. The van der Waals surface area contributed by atoms with Gasteiger partial charge in [-0.1, -0.05) is 6.08 Å². The van der Waals surface area contributed by atoms with Gasteiger partial charge in [0.15, 0.2) is 0 Å². The van der Waals surface area contributed by atoms with E-state index in [1.807, 2.05) is 6.92 Å². The van der Waals surface area contributed by atoms with E-state index in [9.17, 15) is 4.79 Å². The number of Topliss-reactive ketones (excluding diaryl/α,β-unsaturated/α-hetero) is 1. The summed E-state index contributed by atoms with van der Waals surface area (Å²) in [6, 6.07) is 0. The van der Waals surface area contributed by atoms with Crippen molar-refractivity contribution in [1.29, 1.82) is 0 Å². The minimum absolute atomic E-state index is 0.349. The fraction of sp³-hybridized carbons (Fsp3) is 0.375. The van der Waals surface area contributed by atoms with E-state index in [1.54, 1.807) is 19.1 Å². The third kappa shape index (κ3) is 1.33. The predicted octanol–water partition coefficient (Wildman–Crippen LogP) is 0.754. The molecule has 0 unspecified atom stereocenters. The van der Waals surface area contributed by atoms with Crippen LogP contribution in [0.5, 0.6) is 0 Å². The van der Waals surface area contributed by atoms with Crippen molar-refractivity contribution >= 4 is 5.78 Å². The first-order valence-electron chi connectivity index (χ1n) is 3.39. The van der Waals surface area contributed by atoms with Gasteiger partial charge in [-0.25, -0.2) is 0 Å². The van der Waals surface area contributed by atoms with E-state index in [4.69, 9.17) is 9.84 Å². The Morgan fingerprint density at radius 1 is 1.64 bits per heavy atom. The van der Waals surface area contributed by atoms with Gasteiger partial charge in [0, 0.05) is 5.57 Å². The monoisotopic (exact) mass is 154 g/mol. The van der Waals surface area contributed by atoms with Gasteiger partial charge in [0.05, 0.1) is 0 Å². The Bertz CT molecular complexity index is 238. The molecule has 1 rings (SSSR count). The SMILES string of the molecule is C/C=C/C1=C(C)C(=O)[C@H](O)O1. The number of carbonyl (C=O) groups excluding carboxylic acids is 1. The summed E-state index contributed by atoms with van der Waals surface area (Å²) in [6.07, 6.45) is 2.12. The molecule has 1 N–H and O–H groups in total. The molecule has 0 saturated heterocycles. The predicted molar refractivity (Wildman–Crippen MR) is 39.6 cm³/mol. The summed E-state index contributed by atoms with van der Waals surface area (Å²) in [5.74, 6) is 0.114. The molecule has 0 aromatic heterocycles. The molecule has 0 spiro atoms. The molecular formula is C8H10O3. The van der Waals surface area contributed by atoms with Gasteiger partial charge in [-0.3, -0.25) is 4.79 Å². The molecule has 11 heavy (non-hydrogen) atoms. The van der Waals surface area contributed by atoms with Crippen molar-refractivity contribution in [3.8, 4) is 0 Å². The number of aliphatic hydroxyl groups is 1. The summed E-state index contributed by atoms with van der Waals surface area (Å²) in [7, 11) is 0. The Balaban J connectivity index is 2.89. The highest BCUT2D eigenvalue weighted by molar-refractivity contribution is 6.00. The summed E-state index contributed by atoms with van der Waals surface area (Å²) in [5, 5.41) is 8.92. The zero-order chi connectivity index (χ0) is 8.43. The summed E-state index contributed by atoms with van der Waals surface area (Å²) in [4.78, 5) is 10.9. The Morgan fingerprint density at radius 2 is 2.27 bits per heavy atom. The lowest BCUT2D eigenvalue weighted by molar-refractivity contribution is -0.137. The molecule has 0 saturated carbocycles. The molecule has 1 aliphatic rings. The highest BCUT2D eigenvalue weighted by Gasteiger charge is 2.28. The molecule has 0 fully saturated rings. The van der Waals surface area contributed by atoms with E-state index in [0.717, 1.165) is 0 Å². The van der Waals surface area contributed by atoms with Crippen LogP contribution in [0.4, 0.5) is 0 Å². The molecule has 1 heterocycles. The van der Waals surface area contributed by atoms with E-state index in [2.05, 4.69) is 0 Å². The fourth-order valence-corrected chi connectivity index (χ4v) is 0.884. The average molecular weight is 154 g/mol. The number of allylic oxidation sites excluding steroid dienone is 2. The van der Waals surface area contributed by atoms with Gasteiger partial charge in [-0.15, -0.1) is 0 Å². The molecule has 0 aromatic rings. The molecule has 1 aliphatic heterocycles. The number of ether oxygens (including phenoxy) is 1. The van der Waals surface area contributed by atoms with E-state index < -0.39 is 6.29 Å². The maximum absolute atomic E-state index is 10.9. The van der Waals surface area contributed by atoms with Crippen molar-refractivity contribution < 1.29 is 14.6 Å². The van der Waals surface area contributed by atoms with Crippen molar-refractivity contribution in [2.45, 2.75) is 20.1 Å². The highest BCUT2D eigenvalue weighted by Crippen LogP contribution is 2.20. The minimum Gasteiger partial charge on any atom is -0.457 e. The van der Waals surface area contributed by atoms with Gasteiger partial charge >= 0.3 is 0 Å². The van der Waals surface area contributed by atoms with E-state index in [-0.39, 0.29) is 5.78 Å². The first kappa shape index (κ1) is 8.01. The van der Waals surface area contributed by atoms with E-state index >= 15 is 0 Å². The van der Waals surface area contributed by atoms with E-state index in [0.29, 0.717) is 11.3 Å². The van der Waals surface area contributed by atoms with Gasteiger partial charge in [0.2, 0.25) is 5.78 Å². The Labute approximate surface area is 65.0 Å². The van der Waals surface area contributed by atoms with E-state index in [1.165, 1.54) is 0 Å². The van der Waals surface area contributed by atoms with Crippen LogP contribution in [-0.2, 0) is 9.53 Å². The first-order chi connectivity index (χ1) is 5.16. The standard InChI is InChI=1S/C8H10O3/c1-3-4-6-5(2)7(9)8(10)11-6/h3-4,8,10H,1-2H3/b4-3+/t8-/m1/s1. The van der Waals surface area contributed by atoms with Gasteiger partial charge in [-0.05, 0) is 19.9 Å². The molecule has 0 bridgehead atoms. The molecule has 0 amide bonds.